The highest BCUT2D eigenvalue weighted by Crippen LogP contribution is 2.24. The zero-order chi connectivity index (χ0) is 20.1. The van der Waals surface area contributed by atoms with Gasteiger partial charge in [-0.25, -0.2) is 8.42 Å². The second-order valence-corrected chi connectivity index (χ2v) is 11.9. The van der Waals surface area contributed by atoms with Gasteiger partial charge < -0.3 is 15.1 Å². The summed E-state index contributed by atoms with van der Waals surface area (Å²) in [6.45, 7) is 16.7. The molecule has 166 valence electrons. The number of sulfone groups is 1. The van der Waals surface area contributed by atoms with Gasteiger partial charge in [-0.1, -0.05) is 13.8 Å². The third kappa shape index (κ3) is 7.31. The zero-order valence-electron chi connectivity index (χ0n) is 18.4. The van der Waals surface area contributed by atoms with Crippen LogP contribution >= 0.6 is 24.0 Å². The predicted octanol–water partition coefficient (Wildman–Crippen LogP) is 2.84. The van der Waals surface area contributed by atoms with Crippen LogP contribution in [0.25, 0.3) is 0 Å². The number of guanidine groups is 1. The van der Waals surface area contributed by atoms with E-state index in [-0.39, 0.29) is 29.7 Å². The lowest BCUT2D eigenvalue weighted by atomic mass is 9.92. The van der Waals surface area contributed by atoms with Crippen molar-refractivity contribution in [2.24, 2.45) is 16.8 Å². The highest BCUT2D eigenvalue weighted by Gasteiger charge is 2.40. The van der Waals surface area contributed by atoms with Gasteiger partial charge in [0.1, 0.15) is 0 Å². The number of nitrogens with one attached hydrogen (secondary N) is 1. The molecular formula is C20H41IN4O2S. The lowest BCUT2D eigenvalue weighted by Gasteiger charge is -2.39. The number of rotatable bonds is 6. The van der Waals surface area contributed by atoms with Crippen molar-refractivity contribution in [3.05, 3.63) is 0 Å². The number of aliphatic imine (C=N–C) groups is 1. The van der Waals surface area contributed by atoms with Crippen molar-refractivity contribution in [1.29, 1.82) is 0 Å². The Morgan fingerprint density at radius 2 is 1.82 bits per heavy atom. The predicted molar refractivity (Wildman–Crippen MR) is 129 cm³/mol. The van der Waals surface area contributed by atoms with Crippen molar-refractivity contribution in [1.82, 2.24) is 15.1 Å². The Morgan fingerprint density at radius 1 is 1.18 bits per heavy atom. The average Bonchev–Trinajstić information content (AvgIpc) is 2.55. The molecule has 0 aromatic carbocycles. The fraction of sp³-hybridized carbons (Fsp3) is 0.950. The number of likely N-dealkylation sites (tertiary alicyclic amines) is 1. The number of hydrogen-bond acceptors (Lipinski definition) is 4. The SMILES string of the molecule is CCNC(=NCCCCN1CC(C)CC(C)C1)N1CCS(=O)(=O)C(C)(C)C1.I. The summed E-state index contributed by atoms with van der Waals surface area (Å²) in [5.74, 6) is 2.69. The molecule has 0 radical (unpaired) electrons. The summed E-state index contributed by atoms with van der Waals surface area (Å²) in [5.41, 5.74) is 0. The smallest absolute Gasteiger partial charge is 0.193 e. The fourth-order valence-corrected chi connectivity index (χ4v) is 5.72. The third-order valence-electron chi connectivity index (χ3n) is 5.77. The minimum atomic E-state index is -3.02. The number of hydrogen-bond donors (Lipinski definition) is 1. The van der Waals surface area contributed by atoms with E-state index in [0.717, 1.165) is 43.9 Å². The van der Waals surface area contributed by atoms with Gasteiger partial charge in [0, 0.05) is 39.3 Å². The van der Waals surface area contributed by atoms with Crippen LogP contribution in [0.15, 0.2) is 4.99 Å². The van der Waals surface area contributed by atoms with Gasteiger partial charge in [0.25, 0.3) is 0 Å². The topological polar surface area (TPSA) is 65.0 Å². The molecule has 0 spiro atoms. The Hall–Kier alpha value is -0.0900. The van der Waals surface area contributed by atoms with Crippen LogP contribution in [-0.4, -0.2) is 80.5 Å². The van der Waals surface area contributed by atoms with E-state index in [1.54, 1.807) is 0 Å². The molecule has 0 aromatic rings. The second kappa shape index (κ2) is 11.3. The summed E-state index contributed by atoms with van der Waals surface area (Å²) in [6, 6.07) is 0. The Labute approximate surface area is 189 Å². The monoisotopic (exact) mass is 528 g/mol. The first-order valence-electron chi connectivity index (χ1n) is 10.6. The summed E-state index contributed by atoms with van der Waals surface area (Å²) in [4.78, 5) is 9.49. The molecule has 2 heterocycles. The van der Waals surface area contributed by atoms with Crippen LogP contribution < -0.4 is 5.32 Å². The molecule has 2 saturated heterocycles. The largest absolute Gasteiger partial charge is 0.357 e. The molecule has 0 aliphatic carbocycles. The molecule has 2 fully saturated rings. The van der Waals surface area contributed by atoms with E-state index in [9.17, 15) is 8.42 Å². The van der Waals surface area contributed by atoms with Crippen LogP contribution in [0.5, 0.6) is 0 Å². The van der Waals surface area contributed by atoms with E-state index in [2.05, 4.69) is 35.9 Å². The van der Waals surface area contributed by atoms with E-state index >= 15 is 0 Å². The van der Waals surface area contributed by atoms with Crippen molar-refractivity contribution in [2.75, 3.05) is 51.6 Å². The van der Waals surface area contributed by atoms with Crippen LogP contribution in [0.3, 0.4) is 0 Å². The first-order valence-corrected chi connectivity index (χ1v) is 12.3. The minimum Gasteiger partial charge on any atom is -0.357 e. The van der Waals surface area contributed by atoms with Crippen molar-refractivity contribution in [3.63, 3.8) is 0 Å². The lowest BCUT2D eigenvalue weighted by Crippen LogP contribution is -2.57. The molecule has 2 rings (SSSR count). The molecule has 1 N–H and O–H groups in total. The minimum absolute atomic E-state index is 0. The Morgan fingerprint density at radius 3 is 2.39 bits per heavy atom. The van der Waals surface area contributed by atoms with E-state index in [1.807, 2.05) is 13.8 Å². The Bertz CT molecular complexity index is 599. The maximum absolute atomic E-state index is 12.2. The van der Waals surface area contributed by atoms with Gasteiger partial charge in [-0.05, 0) is 58.4 Å². The first-order chi connectivity index (χ1) is 12.6. The van der Waals surface area contributed by atoms with Gasteiger partial charge in [-0.2, -0.15) is 0 Å². The van der Waals surface area contributed by atoms with Crippen LogP contribution in [0.2, 0.25) is 0 Å². The molecule has 2 aliphatic heterocycles. The second-order valence-electron chi connectivity index (χ2n) is 9.15. The quantitative estimate of drug-likeness (QED) is 0.249. The van der Waals surface area contributed by atoms with Crippen LogP contribution in [0, 0.1) is 11.8 Å². The van der Waals surface area contributed by atoms with Crippen LogP contribution in [0.1, 0.15) is 53.9 Å². The van der Waals surface area contributed by atoms with E-state index in [0.29, 0.717) is 13.1 Å². The van der Waals surface area contributed by atoms with E-state index < -0.39 is 14.6 Å². The van der Waals surface area contributed by atoms with Crippen LogP contribution in [0.4, 0.5) is 0 Å². The van der Waals surface area contributed by atoms with Gasteiger partial charge in [-0.15, -0.1) is 24.0 Å². The maximum atomic E-state index is 12.2. The summed E-state index contributed by atoms with van der Waals surface area (Å²) in [6.07, 6.45) is 3.60. The summed E-state index contributed by atoms with van der Waals surface area (Å²) in [7, 11) is -3.02. The highest BCUT2D eigenvalue weighted by molar-refractivity contribution is 14.0. The lowest BCUT2D eigenvalue weighted by molar-refractivity contribution is 0.139. The standard InChI is InChI=1S/C20H40N4O2S.HI/c1-6-21-19(24-11-12-27(25,26)20(4,5)16-24)22-9-7-8-10-23-14-17(2)13-18(3)15-23;/h17-18H,6-16H2,1-5H3,(H,21,22);1H. The molecule has 6 nitrogen and oxygen atoms in total. The van der Waals surface area contributed by atoms with Crippen molar-refractivity contribution < 1.29 is 8.42 Å². The van der Waals surface area contributed by atoms with Crippen molar-refractivity contribution in [3.8, 4) is 0 Å². The number of piperidine rings is 1. The fourth-order valence-electron chi connectivity index (χ4n) is 4.36. The third-order valence-corrected chi connectivity index (χ3v) is 8.30. The summed E-state index contributed by atoms with van der Waals surface area (Å²) >= 11 is 0. The first kappa shape index (κ1) is 25.9. The average molecular weight is 529 g/mol. The van der Waals surface area contributed by atoms with E-state index in [1.165, 1.54) is 25.9 Å². The van der Waals surface area contributed by atoms with Crippen molar-refractivity contribution >= 4 is 39.8 Å². The Balaban J connectivity index is 0.00000392. The molecule has 2 atom stereocenters. The number of nitrogens with zero attached hydrogens (tertiary/aromatic N) is 3. The molecule has 0 saturated carbocycles. The summed E-state index contributed by atoms with van der Waals surface area (Å²) < 4.78 is 23.7. The molecule has 2 unspecified atom stereocenters. The molecule has 8 heteroatoms. The molecule has 0 bridgehead atoms. The Kier molecular flexibility index (Phi) is 10.5. The normalized spacial score (nSPS) is 27.9. The van der Waals surface area contributed by atoms with Gasteiger partial charge >= 0.3 is 0 Å². The van der Waals surface area contributed by atoms with Gasteiger partial charge in [-0.3, -0.25) is 4.99 Å². The maximum Gasteiger partial charge on any atom is 0.193 e. The van der Waals surface area contributed by atoms with Crippen LogP contribution in [-0.2, 0) is 9.84 Å². The highest BCUT2D eigenvalue weighted by atomic mass is 127. The summed E-state index contributed by atoms with van der Waals surface area (Å²) in [5, 5.41) is 3.34. The van der Waals surface area contributed by atoms with Crippen molar-refractivity contribution in [2.45, 2.75) is 58.6 Å². The molecular weight excluding hydrogens is 487 g/mol. The molecule has 2 aliphatic rings. The van der Waals surface area contributed by atoms with Gasteiger partial charge in [0.2, 0.25) is 0 Å². The number of unbranched alkanes of at least 4 members (excludes halogenated alkanes) is 1. The number of halogens is 1. The zero-order valence-corrected chi connectivity index (χ0v) is 21.6. The van der Waals surface area contributed by atoms with E-state index in [4.69, 9.17) is 4.99 Å². The van der Waals surface area contributed by atoms with Gasteiger partial charge in [0.15, 0.2) is 15.8 Å². The molecule has 0 aromatic heterocycles. The van der Waals surface area contributed by atoms with Gasteiger partial charge in [0.05, 0.1) is 10.5 Å². The molecule has 28 heavy (non-hydrogen) atoms. The molecule has 0 amide bonds.